The predicted molar refractivity (Wildman–Crippen MR) is 83.2 cm³/mol. The van der Waals surface area contributed by atoms with Crippen molar-refractivity contribution in [1.29, 1.82) is 0 Å². The van der Waals surface area contributed by atoms with Crippen LogP contribution >= 0.6 is 0 Å². The fourth-order valence-electron chi connectivity index (χ4n) is 3.73. The number of fused-ring (bicyclic) bond motifs is 1. The number of aromatic nitrogens is 1. The minimum absolute atomic E-state index is 0.542. The highest BCUT2D eigenvalue weighted by Crippen LogP contribution is 2.33. The van der Waals surface area contributed by atoms with Crippen LogP contribution in [0.2, 0.25) is 0 Å². The van der Waals surface area contributed by atoms with Gasteiger partial charge < -0.3 is 10.1 Å². The van der Waals surface area contributed by atoms with Crippen LogP contribution in [0.1, 0.15) is 31.9 Å². The van der Waals surface area contributed by atoms with Crippen molar-refractivity contribution in [3.8, 4) is 0 Å². The van der Waals surface area contributed by atoms with E-state index in [1.807, 2.05) is 30.5 Å². The highest BCUT2D eigenvalue weighted by molar-refractivity contribution is 5.89. The normalized spacial score (nSPS) is 25.0. The molecule has 1 aromatic heterocycles. The van der Waals surface area contributed by atoms with Crippen molar-refractivity contribution in [2.45, 2.75) is 26.3 Å². The van der Waals surface area contributed by atoms with Gasteiger partial charge in [-0.05, 0) is 24.3 Å². The topological polar surface area (TPSA) is 56.3 Å². The summed E-state index contributed by atoms with van der Waals surface area (Å²) in [5.41, 5.74) is 1.87. The summed E-state index contributed by atoms with van der Waals surface area (Å²) in [6, 6.07) is 7.34. The molecule has 0 amide bonds. The van der Waals surface area contributed by atoms with E-state index in [1.54, 1.807) is 0 Å². The number of nitrogens with one attached hydrogen (secondary N) is 1. The van der Waals surface area contributed by atoms with Gasteiger partial charge in [-0.2, -0.15) is 0 Å². The molecule has 2 aromatic rings. The second kappa shape index (κ2) is 5.53. The first kappa shape index (κ1) is 14.1. The number of benzene rings is 1. The third-order valence-corrected chi connectivity index (χ3v) is 4.41. The van der Waals surface area contributed by atoms with Gasteiger partial charge in [0.2, 0.25) is 0 Å². The Labute approximate surface area is 124 Å². The summed E-state index contributed by atoms with van der Waals surface area (Å²) >= 11 is 0. The van der Waals surface area contributed by atoms with Gasteiger partial charge in [0.05, 0.1) is 0 Å². The SMILES string of the molecule is C[C@@H]1C[C@H](C)CN([C@@H](C(=O)O)c2c[nH]c3ccccc23)C1. The number of para-hydroxylation sites is 1. The molecule has 1 aliphatic heterocycles. The summed E-state index contributed by atoms with van der Waals surface area (Å²) in [6.45, 7) is 6.11. The van der Waals surface area contributed by atoms with Crippen LogP contribution in [0, 0.1) is 11.8 Å². The monoisotopic (exact) mass is 286 g/mol. The molecule has 0 aliphatic carbocycles. The molecule has 3 atom stereocenters. The van der Waals surface area contributed by atoms with E-state index in [9.17, 15) is 9.90 Å². The summed E-state index contributed by atoms with van der Waals surface area (Å²) in [7, 11) is 0. The van der Waals surface area contributed by atoms with Crippen LogP contribution in [0.25, 0.3) is 10.9 Å². The molecule has 4 heteroatoms. The lowest BCUT2D eigenvalue weighted by Gasteiger charge is -2.38. The van der Waals surface area contributed by atoms with Crippen LogP contribution in [0.4, 0.5) is 0 Å². The molecule has 21 heavy (non-hydrogen) atoms. The highest BCUT2D eigenvalue weighted by atomic mass is 16.4. The largest absolute Gasteiger partial charge is 0.480 e. The maximum Gasteiger partial charge on any atom is 0.325 e. The average molecular weight is 286 g/mol. The molecule has 2 heterocycles. The molecule has 112 valence electrons. The first-order chi connectivity index (χ1) is 10.1. The molecule has 1 aliphatic rings. The van der Waals surface area contributed by atoms with Crippen LogP contribution in [0.15, 0.2) is 30.5 Å². The van der Waals surface area contributed by atoms with Crippen LogP contribution in [0.5, 0.6) is 0 Å². The van der Waals surface area contributed by atoms with Gasteiger partial charge in [0.15, 0.2) is 0 Å². The minimum atomic E-state index is -0.763. The van der Waals surface area contributed by atoms with E-state index in [-0.39, 0.29) is 0 Å². The molecule has 4 nitrogen and oxygen atoms in total. The number of piperidine rings is 1. The van der Waals surface area contributed by atoms with Gasteiger partial charge >= 0.3 is 5.97 Å². The number of carboxylic acid groups (broad SMARTS) is 1. The fraction of sp³-hybridized carbons (Fsp3) is 0.471. The first-order valence-electron chi connectivity index (χ1n) is 7.59. The number of H-pyrrole nitrogens is 1. The summed E-state index contributed by atoms with van der Waals surface area (Å²) < 4.78 is 0. The summed E-state index contributed by atoms with van der Waals surface area (Å²) in [5.74, 6) is 0.322. The lowest BCUT2D eigenvalue weighted by atomic mass is 9.89. The molecule has 0 bridgehead atoms. The third kappa shape index (κ3) is 2.68. The van der Waals surface area contributed by atoms with E-state index in [4.69, 9.17) is 0 Å². The van der Waals surface area contributed by atoms with Crippen molar-refractivity contribution in [3.63, 3.8) is 0 Å². The van der Waals surface area contributed by atoms with E-state index >= 15 is 0 Å². The van der Waals surface area contributed by atoms with Crippen molar-refractivity contribution >= 4 is 16.9 Å². The fourth-order valence-corrected chi connectivity index (χ4v) is 3.73. The number of aromatic amines is 1. The Morgan fingerprint density at radius 2 is 1.95 bits per heavy atom. The Morgan fingerprint density at radius 3 is 2.62 bits per heavy atom. The van der Waals surface area contributed by atoms with Gasteiger partial charge in [-0.3, -0.25) is 9.69 Å². The van der Waals surface area contributed by atoms with Gasteiger partial charge in [0.1, 0.15) is 6.04 Å². The number of rotatable bonds is 3. The van der Waals surface area contributed by atoms with Crippen molar-refractivity contribution < 1.29 is 9.90 Å². The summed E-state index contributed by atoms with van der Waals surface area (Å²) in [6.07, 6.45) is 3.03. The second-order valence-electron chi connectivity index (χ2n) is 6.43. The van der Waals surface area contributed by atoms with E-state index < -0.39 is 12.0 Å². The molecule has 0 unspecified atom stereocenters. The molecule has 3 rings (SSSR count). The Balaban J connectivity index is 2.00. The maximum absolute atomic E-state index is 11.9. The number of hydrogen-bond donors (Lipinski definition) is 2. The van der Waals surface area contributed by atoms with Crippen LogP contribution in [-0.2, 0) is 4.79 Å². The molecule has 1 fully saturated rings. The lowest BCUT2D eigenvalue weighted by molar-refractivity contribution is -0.144. The number of carboxylic acids is 1. The third-order valence-electron chi connectivity index (χ3n) is 4.41. The number of likely N-dealkylation sites (tertiary alicyclic amines) is 1. The summed E-state index contributed by atoms with van der Waals surface area (Å²) in [4.78, 5) is 17.2. The molecular weight excluding hydrogens is 264 g/mol. The molecule has 2 N–H and O–H groups in total. The maximum atomic E-state index is 11.9. The van der Waals surface area contributed by atoms with Crippen LogP contribution in [0.3, 0.4) is 0 Å². The molecule has 1 aromatic carbocycles. The molecule has 1 saturated heterocycles. The van der Waals surface area contributed by atoms with E-state index in [2.05, 4.69) is 23.7 Å². The Morgan fingerprint density at radius 1 is 1.29 bits per heavy atom. The Hall–Kier alpha value is -1.81. The van der Waals surface area contributed by atoms with E-state index in [1.165, 1.54) is 6.42 Å². The zero-order valence-electron chi connectivity index (χ0n) is 12.5. The smallest absolute Gasteiger partial charge is 0.325 e. The zero-order valence-corrected chi connectivity index (χ0v) is 12.5. The minimum Gasteiger partial charge on any atom is -0.480 e. The standard InChI is InChI=1S/C17H22N2O2/c1-11-7-12(2)10-19(9-11)16(17(20)21)14-8-18-15-6-4-3-5-13(14)15/h3-6,8,11-12,16,18H,7,9-10H2,1-2H3,(H,20,21)/t11-,12+,16-/m1/s1. The van der Waals surface area contributed by atoms with Crippen molar-refractivity contribution in [2.24, 2.45) is 11.8 Å². The zero-order chi connectivity index (χ0) is 15.0. The first-order valence-corrected chi connectivity index (χ1v) is 7.59. The molecule has 0 saturated carbocycles. The number of aliphatic carboxylic acids is 1. The Bertz CT molecular complexity index is 639. The van der Waals surface area contributed by atoms with Gasteiger partial charge in [-0.25, -0.2) is 0 Å². The lowest BCUT2D eigenvalue weighted by Crippen LogP contribution is -2.43. The van der Waals surface area contributed by atoms with E-state index in [0.29, 0.717) is 11.8 Å². The van der Waals surface area contributed by atoms with Crippen LogP contribution < -0.4 is 0 Å². The quantitative estimate of drug-likeness (QED) is 0.910. The molecule has 0 radical (unpaired) electrons. The van der Waals surface area contributed by atoms with Crippen molar-refractivity contribution in [1.82, 2.24) is 9.88 Å². The number of nitrogens with zero attached hydrogens (tertiary/aromatic N) is 1. The molecular formula is C17H22N2O2. The predicted octanol–water partition coefficient (Wildman–Crippen LogP) is 3.27. The second-order valence-corrected chi connectivity index (χ2v) is 6.43. The van der Waals surface area contributed by atoms with Gasteiger partial charge in [-0.1, -0.05) is 32.0 Å². The van der Waals surface area contributed by atoms with Gasteiger partial charge in [0.25, 0.3) is 0 Å². The number of hydrogen-bond acceptors (Lipinski definition) is 2. The van der Waals surface area contributed by atoms with Crippen molar-refractivity contribution in [3.05, 3.63) is 36.0 Å². The van der Waals surface area contributed by atoms with Crippen molar-refractivity contribution in [2.75, 3.05) is 13.1 Å². The van der Waals surface area contributed by atoms with Gasteiger partial charge in [0, 0.05) is 35.8 Å². The summed E-state index contributed by atoms with van der Waals surface area (Å²) in [5, 5.41) is 10.8. The highest BCUT2D eigenvalue weighted by Gasteiger charge is 2.34. The molecule has 0 spiro atoms. The van der Waals surface area contributed by atoms with E-state index in [0.717, 1.165) is 29.6 Å². The van der Waals surface area contributed by atoms with Crippen LogP contribution in [-0.4, -0.2) is 34.0 Å². The number of carbonyl (C=O) groups is 1. The average Bonchev–Trinajstić information content (AvgIpc) is 2.82. The van der Waals surface area contributed by atoms with Gasteiger partial charge in [-0.15, -0.1) is 0 Å². The Kier molecular flexibility index (Phi) is 3.72.